The summed E-state index contributed by atoms with van der Waals surface area (Å²) >= 11 is 7.49. The van der Waals surface area contributed by atoms with Gasteiger partial charge in [0.2, 0.25) is 5.91 Å². The molecule has 1 aromatic carbocycles. The number of thioether (sulfide) groups is 1. The zero-order chi connectivity index (χ0) is 19.5. The second-order valence-electron chi connectivity index (χ2n) is 7.43. The van der Waals surface area contributed by atoms with Crippen molar-refractivity contribution in [1.29, 1.82) is 0 Å². The van der Waals surface area contributed by atoms with Crippen molar-refractivity contribution in [3.8, 4) is 5.75 Å². The van der Waals surface area contributed by atoms with Crippen molar-refractivity contribution in [1.82, 2.24) is 9.88 Å². The third kappa shape index (κ3) is 4.62. The summed E-state index contributed by atoms with van der Waals surface area (Å²) in [5.41, 5.74) is 0. The maximum Gasteiger partial charge on any atom is 0.233 e. The fourth-order valence-electron chi connectivity index (χ4n) is 4.10. The normalized spacial score (nSPS) is 26.7. The molecule has 1 saturated heterocycles. The molecular formula is C21H23ClN2O3S. The highest BCUT2D eigenvalue weighted by Crippen LogP contribution is 2.38. The van der Waals surface area contributed by atoms with E-state index in [4.69, 9.17) is 16.3 Å². The molecule has 1 aromatic heterocycles. The minimum Gasteiger partial charge on any atom is -0.488 e. The number of hydrogen-bond donors (Lipinski definition) is 1. The van der Waals surface area contributed by atoms with Crippen LogP contribution in [0.4, 0.5) is 0 Å². The molecule has 1 N–H and O–H groups in total. The number of amides is 1. The van der Waals surface area contributed by atoms with Crippen LogP contribution in [0.1, 0.15) is 12.8 Å². The van der Waals surface area contributed by atoms with Crippen molar-refractivity contribution in [3.63, 3.8) is 0 Å². The van der Waals surface area contributed by atoms with Crippen LogP contribution in [0.2, 0.25) is 5.02 Å². The fraction of sp³-hybridized carbons (Fsp3) is 0.429. The minimum atomic E-state index is -0.529. The highest BCUT2D eigenvalue weighted by Gasteiger charge is 2.43. The number of aliphatic hydroxyl groups excluding tert-OH is 1. The first-order chi connectivity index (χ1) is 13.6. The molecule has 0 spiro atoms. The van der Waals surface area contributed by atoms with Crippen LogP contribution in [0.3, 0.4) is 0 Å². The number of halogens is 1. The number of fused-ring (bicyclic) bond motifs is 1. The molecule has 1 amide bonds. The number of ether oxygens (including phenoxy) is 1. The van der Waals surface area contributed by atoms with Gasteiger partial charge in [-0.3, -0.25) is 4.79 Å². The molecule has 1 aliphatic heterocycles. The molecule has 5 nitrogen and oxygen atoms in total. The molecule has 4 rings (SSSR count). The van der Waals surface area contributed by atoms with Crippen molar-refractivity contribution < 1.29 is 14.6 Å². The predicted molar refractivity (Wildman–Crippen MR) is 110 cm³/mol. The molecule has 2 heterocycles. The van der Waals surface area contributed by atoms with E-state index in [1.165, 1.54) is 11.8 Å². The van der Waals surface area contributed by atoms with Crippen molar-refractivity contribution in [2.24, 2.45) is 11.8 Å². The lowest BCUT2D eigenvalue weighted by atomic mass is 9.78. The van der Waals surface area contributed by atoms with Crippen LogP contribution in [-0.4, -0.2) is 51.9 Å². The zero-order valence-electron chi connectivity index (χ0n) is 15.4. The molecule has 7 heteroatoms. The number of rotatable bonds is 5. The van der Waals surface area contributed by atoms with Gasteiger partial charge in [-0.15, -0.1) is 0 Å². The first-order valence-electron chi connectivity index (χ1n) is 9.50. The zero-order valence-corrected chi connectivity index (χ0v) is 17.0. The van der Waals surface area contributed by atoms with E-state index in [1.807, 2.05) is 35.2 Å². The molecule has 28 heavy (non-hydrogen) atoms. The van der Waals surface area contributed by atoms with Crippen molar-refractivity contribution >= 4 is 29.3 Å². The maximum atomic E-state index is 12.6. The predicted octanol–water partition coefficient (Wildman–Crippen LogP) is 3.50. The van der Waals surface area contributed by atoms with Gasteiger partial charge in [0, 0.05) is 24.3 Å². The standard InChI is InChI=1S/C21H23ClN2O3S/c22-16-4-3-5-17(10-16)27-19-9-15-12-24(11-14(15)8-18(19)25)21(26)13-28-20-6-1-2-7-23-20/h1-7,10,14-15,18-19,25H,8-9,11-13H2/t14-,15+,18+,19+/m0/s1. The Morgan fingerprint density at radius 2 is 2.04 bits per heavy atom. The molecule has 0 unspecified atom stereocenters. The molecule has 0 bridgehead atoms. The summed E-state index contributed by atoms with van der Waals surface area (Å²) in [6, 6.07) is 12.9. The lowest BCUT2D eigenvalue weighted by Crippen LogP contribution is -2.42. The van der Waals surface area contributed by atoms with E-state index < -0.39 is 6.10 Å². The number of aromatic nitrogens is 1. The lowest BCUT2D eigenvalue weighted by Gasteiger charge is -2.35. The molecule has 2 aromatic rings. The van der Waals surface area contributed by atoms with Crippen LogP contribution >= 0.6 is 23.4 Å². The van der Waals surface area contributed by atoms with Gasteiger partial charge in [-0.05, 0) is 55.0 Å². The molecule has 4 atom stereocenters. The maximum absolute atomic E-state index is 12.6. The Balaban J connectivity index is 1.32. The molecule has 2 fully saturated rings. The molecule has 0 radical (unpaired) electrons. The summed E-state index contributed by atoms with van der Waals surface area (Å²) < 4.78 is 6.01. The van der Waals surface area contributed by atoms with E-state index in [2.05, 4.69) is 4.98 Å². The fourth-order valence-corrected chi connectivity index (χ4v) is 5.04. The van der Waals surface area contributed by atoms with Gasteiger partial charge in [-0.25, -0.2) is 4.98 Å². The minimum absolute atomic E-state index is 0.131. The van der Waals surface area contributed by atoms with Gasteiger partial charge in [0.15, 0.2) is 0 Å². The number of carbonyl (C=O) groups excluding carboxylic acids is 1. The third-order valence-electron chi connectivity index (χ3n) is 5.50. The molecule has 148 valence electrons. The number of aliphatic hydroxyl groups is 1. The summed E-state index contributed by atoms with van der Waals surface area (Å²) in [5, 5.41) is 12.0. The number of hydrogen-bond acceptors (Lipinski definition) is 5. The highest BCUT2D eigenvalue weighted by atomic mass is 35.5. The monoisotopic (exact) mass is 418 g/mol. The van der Waals surface area contributed by atoms with Crippen molar-refractivity contribution in [3.05, 3.63) is 53.7 Å². The number of benzene rings is 1. The Morgan fingerprint density at radius 1 is 1.21 bits per heavy atom. The van der Waals surface area contributed by atoms with Crippen LogP contribution in [0.25, 0.3) is 0 Å². The third-order valence-corrected chi connectivity index (χ3v) is 6.67. The van der Waals surface area contributed by atoms with Gasteiger partial charge in [-0.1, -0.05) is 35.5 Å². The SMILES string of the molecule is O=C(CSc1ccccn1)N1C[C@H]2C[C@@H](Oc3cccc(Cl)c3)[C@H](O)C[C@H]2C1. The van der Waals surface area contributed by atoms with Gasteiger partial charge in [-0.2, -0.15) is 0 Å². The smallest absolute Gasteiger partial charge is 0.233 e. The van der Waals surface area contributed by atoms with E-state index in [1.54, 1.807) is 18.3 Å². The largest absolute Gasteiger partial charge is 0.488 e. The van der Waals surface area contributed by atoms with E-state index in [-0.39, 0.29) is 12.0 Å². The Kier molecular flexibility index (Phi) is 6.09. The Labute approximate surface area is 174 Å². The second-order valence-corrected chi connectivity index (χ2v) is 8.86. The average Bonchev–Trinajstić information content (AvgIpc) is 3.10. The lowest BCUT2D eigenvalue weighted by molar-refractivity contribution is -0.127. The first kappa shape index (κ1) is 19.6. The molecular weight excluding hydrogens is 396 g/mol. The van der Waals surface area contributed by atoms with Crippen LogP contribution in [-0.2, 0) is 4.79 Å². The van der Waals surface area contributed by atoms with Gasteiger partial charge in [0.05, 0.1) is 16.9 Å². The highest BCUT2D eigenvalue weighted by molar-refractivity contribution is 7.99. The number of likely N-dealkylation sites (tertiary alicyclic amines) is 1. The van der Waals surface area contributed by atoms with Crippen LogP contribution in [0.15, 0.2) is 53.7 Å². The van der Waals surface area contributed by atoms with Gasteiger partial charge in [0.1, 0.15) is 11.9 Å². The summed E-state index contributed by atoms with van der Waals surface area (Å²) in [7, 11) is 0. The molecule has 1 saturated carbocycles. The number of pyridine rings is 1. The summed E-state index contributed by atoms with van der Waals surface area (Å²) in [5.74, 6) is 1.88. The van der Waals surface area contributed by atoms with E-state index in [0.29, 0.717) is 41.3 Å². The quantitative estimate of drug-likeness (QED) is 0.753. The summed E-state index contributed by atoms with van der Waals surface area (Å²) in [6.45, 7) is 1.45. The van der Waals surface area contributed by atoms with Crippen LogP contribution in [0.5, 0.6) is 5.75 Å². The number of carbonyl (C=O) groups is 1. The van der Waals surface area contributed by atoms with E-state index >= 15 is 0 Å². The van der Waals surface area contributed by atoms with Gasteiger partial charge >= 0.3 is 0 Å². The van der Waals surface area contributed by atoms with E-state index in [9.17, 15) is 9.90 Å². The van der Waals surface area contributed by atoms with E-state index in [0.717, 1.165) is 18.0 Å². The topological polar surface area (TPSA) is 62.7 Å². The van der Waals surface area contributed by atoms with Crippen LogP contribution in [0, 0.1) is 11.8 Å². The van der Waals surface area contributed by atoms with Crippen molar-refractivity contribution in [2.45, 2.75) is 30.1 Å². The molecule has 1 aliphatic carbocycles. The first-order valence-corrected chi connectivity index (χ1v) is 10.9. The average molecular weight is 419 g/mol. The summed E-state index contributed by atoms with van der Waals surface area (Å²) in [4.78, 5) is 18.8. The number of nitrogens with zero attached hydrogens (tertiary/aromatic N) is 2. The molecule has 2 aliphatic rings. The Hall–Kier alpha value is -1.76. The second kappa shape index (κ2) is 8.72. The van der Waals surface area contributed by atoms with Crippen LogP contribution < -0.4 is 4.74 Å². The Bertz CT molecular complexity index is 822. The van der Waals surface area contributed by atoms with Gasteiger partial charge < -0.3 is 14.7 Å². The van der Waals surface area contributed by atoms with Crippen molar-refractivity contribution in [2.75, 3.05) is 18.8 Å². The Morgan fingerprint density at radius 3 is 2.79 bits per heavy atom. The van der Waals surface area contributed by atoms with Gasteiger partial charge in [0.25, 0.3) is 0 Å². The summed E-state index contributed by atoms with van der Waals surface area (Å²) in [6.07, 6.45) is 2.34.